The Hall–Kier alpha value is -3.91. The van der Waals surface area contributed by atoms with Gasteiger partial charge in [0.2, 0.25) is 5.75 Å². The van der Waals surface area contributed by atoms with Gasteiger partial charge in [0, 0.05) is 11.6 Å². The molecule has 0 amide bonds. The van der Waals surface area contributed by atoms with E-state index in [0.29, 0.717) is 39.9 Å². The number of nitrogens with one attached hydrogen (secondary N) is 1. The Morgan fingerprint density at radius 2 is 1.88 bits per heavy atom. The minimum Gasteiger partial charge on any atom is -0.483 e. The minimum atomic E-state index is -3.63. The van der Waals surface area contributed by atoms with E-state index in [4.69, 9.17) is 4.74 Å². The summed E-state index contributed by atoms with van der Waals surface area (Å²) in [6, 6.07) is 6.86. The molecule has 0 spiro atoms. The third-order valence-corrected chi connectivity index (χ3v) is 9.23. The molecule has 0 radical (unpaired) electrons. The van der Waals surface area contributed by atoms with Crippen molar-refractivity contribution < 1.29 is 26.8 Å². The number of anilines is 1. The Bertz CT molecular complexity index is 1550. The predicted molar refractivity (Wildman–Crippen MR) is 144 cm³/mol. The predicted octanol–water partition coefficient (Wildman–Crippen LogP) is 1.54. The second kappa shape index (κ2) is 11.3. The van der Waals surface area contributed by atoms with Gasteiger partial charge in [-0.1, -0.05) is 0 Å². The quantitative estimate of drug-likeness (QED) is 0.314. The van der Waals surface area contributed by atoms with Crippen molar-refractivity contribution in [3.8, 4) is 11.4 Å². The number of piperazine rings is 1. The van der Waals surface area contributed by atoms with Gasteiger partial charge in [0.05, 0.1) is 31.1 Å². The van der Waals surface area contributed by atoms with Crippen molar-refractivity contribution in [3.63, 3.8) is 0 Å². The van der Waals surface area contributed by atoms with Crippen molar-refractivity contribution in [3.05, 3.63) is 80.1 Å². The van der Waals surface area contributed by atoms with Gasteiger partial charge in [-0.05, 0) is 72.3 Å². The Kier molecular flexibility index (Phi) is 7.81. The molecule has 0 unspecified atom stereocenters. The Morgan fingerprint density at radius 1 is 1.15 bits per heavy atom. The third kappa shape index (κ3) is 5.97. The molecule has 3 heterocycles. The number of aromatic nitrogens is 3. The molecule has 0 atom stereocenters. The molecule has 14 heteroatoms. The van der Waals surface area contributed by atoms with Crippen molar-refractivity contribution in [1.29, 1.82) is 0 Å². The van der Waals surface area contributed by atoms with Crippen LogP contribution in [0.25, 0.3) is 5.69 Å². The van der Waals surface area contributed by atoms with Gasteiger partial charge in [0.1, 0.15) is 36.5 Å². The maximum Gasteiger partial charge on any atom is 0.363 e. The van der Waals surface area contributed by atoms with Crippen LogP contribution in [-0.2, 0) is 15.8 Å². The summed E-state index contributed by atoms with van der Waals surface area (Å²) in [5, 5.41) is 15.1. The second-order valence-corrected chi connectivity index (χ2v) is 12.2. The van der Waals surface area contributed by atoms with Crippen LogP contribution in [0.15, 0.2) is 47.5 Å². The third-order valence-electron chi connectivity index (χ3n) is 7.23. The SMILES string of the molecule is Cc1cc(F)cc(-n2ncc(N3CC[NH+](S(=O)(=O)Cc4ccc([N+](=O)[O-])nc4)CC3)c(OC3CCCC3)c2=O)c1. The topological polar surface area (TPSA) is 142 Å². The highest BCUT2D eigenvalue weighted by Crippen LogP contribution is 2.29. The first-order valence-corrected chi connectivity index (χ1v) is 14.7. The number of pyridine rings is 1. The lowest BCUT2D eigenvalue weighted by Gasteiger charge is -2.33. The van der Waals surface area contributed by atoms with Gasteiger partial charge in [-0.2, -0.15) is 18.2 Å². The zero-order valence-corrected chi connectivity index (χ0v) is 22.8. The van der Waals surface area contributed by atoms with E-state index >= 15 is 0 Å². The molecule has 2 aliphatic rings. The molecule has 1 N–H and O–H groups in total. The van der Waals surface area contributed by atoms with E-state index in [1.54, 1.807) is 13.0 Å². The fourth-order valence-electron chi connectivity index (χ4n) is 5.20. The van der Waals surface area contributed by atoms with Gasteiger partial charge in [0.15, 0.2) is 0 Å². The highest BCUT2D eigenvalue weighted by molar-refractivity contribution is 7.84. The Labute approximate surface area is 230 Å². The summed E-state index contributed by atoms with van der Waals surface area (Å²) in [6.07, 6.45) is 6.28. The summed E-state index contributed by atoms with van der Waals surface area (Å²) < 4.78 is 48.0. The highest BCUT2D eigenvalue weighted by atomic mass is 32.2. The molecule has 12 nitrogen and oxygen atoms in total. The van der Waals surface area contributed by atoms with E-state index in [1.807, 2.05) is 4.90 Å². The number of rotatable bonds is 8. The van der Waals surface area contributed by atoms with Crippen LogP contribution in [0.2, 0.25) is 0 Å². The summed E-state index contributed by atoms with van der Waals surface area (Å²) in [5.74, 6) is -0.989. The number of ether oxygens (including phenoxy) is 1. The van der Waals surface area contributed by atoms with E-state index in [-0.39, 0.29) is 36.5 Å². The van der Waals surface area contributed by atoms with E-state index < -0.39 is 26.3 Å². The average molecular weight is 574 g/mol. The largest absolute Gasteiger partial charge is 0.483 e. The van der Waals surface area contributed by atoms with Crippen LogP contribution in [0.4, 0.5) is 15.9 Å². The number of sulfonamides is 1. The summed E-state index contributed by atoms with van der Waals surface area (Å²) in [5.41, 5.74) is 1.30. The van der Waals surface area contributed by atoms with Crippen molar-refractivity contribution in [1.82, 2.24) is 14.8 Å². The van der Waals surface area contributed by atoms with Crippen molar-refractivity contribution in [2.45, 2.75) is 44.5 Å². The zero-order valence-electron chi connectivity index (χ0n) is 22.0. The molecule has 5 rings (SSSR count). The molecular weight excluding hydrogens is 543 g/mol. The molecule has 0 bridgehead atoms. The van der Waals surface area contributed by atoms with Gasteiger partial charge in [-0.25, -0.2) is 8.70 Å². The monoisotopic (exact) mass is 573 g/mol. The maximum atomic E-state index is 14.1. The second-order valence-electron chi connectivity index (χ2n) is 10.2. The first kappa shape index (κ1) is 27.6. The van der Waals surface area contributed by atoms with E-state index in [2.05, 4.69) is 10.1 Å². The number of quaternary nitrogens is 1. The number of nitrogens with zero attached hydrogens (tertiary/aromatic N) is 5. The molecular formula is C26H30FN6O6S+. The van der Waals surface area contributed by atoms with Crippen LogP contribution in [-0.4, -0.2) is 60.4 Å². The lowest BCUT2D eigenvalue weighted by atomic mass is 10.2. The standard InChI is InChI=1S/C26H29FN6O6S/c1-18-12-20(27)14-21(13-18)32-26(34)25(39-22-4-2-3-5-22)23(16-29-32)30-8-10-31(11-9-30)40(37,38)17-19-6-7-24(28-15-19)33(35)36/h6-7,12-16,22H,2-5,8-11,17H2,1H3/p+1. The van der Waals surface area contributed by atoms with Gasteiger partial charge in [-0.15, -0.1) is 0 Å². The lowest BCUT2D eigenvalue weighted by molar-refractivity contribution is -0.768. The average Bonchev–Trinajstić information content (AvgIpc) is 3.43. The Balaban J connectivity index is 1.36. The summed E-state index contributed by atoms with van der Waals surface area (Å²) in [6.45, 7) is 2.89. The van der Waals surface area contributed by atoms with Gasteiger partial charge in [-0.3, -0.25) is 4.79 Å². The van der Waals surface area contributed by atoms with Gasteiger partial charge < -0.3 is 19.8 Å². The Morgan fingerprint density at radius 3 is 2.50 bits per heavy atom. The highest BCUT2D eigenvalue weighted by Gasteiger charge is 2.33. The first-order chi connectivity index (χ1) is 19.1. The zero-order chi connectivity index (χ0) is 28.4. The molecule has 1 saturated carbocycles. The molecule has 1 saturated heterocycles. The lowest BCUT2D eigenvalue weighted by Crippen LogP contribution is -3.16. The van der Waals surface area contributed by atoms with Crippen LogP contribution < -0.4 is 19.5 Å². The number of benzene rings is 1. The van der Waals surface area contributed by atoms with Crippen molar-refractivity contribution in [2.75, 3.05) is 31.1 Å². The number of hydrogen-bond donors (Lipinski definition) is 1. The number of nitro groups is 1. The molecule has 40 heavy (non-hydrogen) atoms. The molecule has 3 aromatic rings. The minimum absolute atomic E-state index is 0.112. The van der Waals surface area contributed by atoms with Crippen LogP contribution in [0.3, 0.4) is 0 Å². The van der Waals surface area contributed by atoms with Crippen LogP contribution in [0, 0.1) is 22.9 Å². The maximum absolute atomic E-state index is 14.1. The first-order valence-electron chi connectivity index (χ1n) is 13.1. The smallest absolute Gasteiger partial charge is 0.363 e. The summed E-state index contributed by atoms with van der Waals surface area (Å²) in [4.78, 5) is 29.4. The number of aryl methyl sites for hydroxylation is 1. The van der Waals surface area contributed by atoms with Crippen LogP contribution >= 0.6 is 0 Å². The van der Waals surface area contributed by atoms with Gasteiger partial charge >= 0.3 is 11.4 Å². The van der Waals surface area contributed by atoms with Crippen LogP contribution in [0.1, 0.15) is 36.8 Å². The van der Waals surface area contributed by atoms with Crippen LogP contribution in [0.5, 0.6) is 5.75 Å². The van der Waals surface area contributed by atoms with Crippen molar-refractivity contribution in [2.24, 2.45) is 0 Å². The fourth-order valence-corrected chi connectivity index (χ4v) is 6.82. The van der Waals surface area contributed by atoms with Crippen molar-refractivity contribution >= 4 is 21.5 Å². The molecule has 1 aliphatic heterocycles. The van der Waals surface area contributed by atoms with E-state index in [9.17, 15) is 27.7 Å². The molecule has 2 fully saturated rings. The molecule has 1 aliphatic carbocycles. The number of halogens is 1. The van der Waals surface area contributed by atoms with Gasteiger partial charge in [0.25, 0.3) is 10.0 Å². The number of hydrogen-bond acceptors (Lipinski definition) is 9. The normalized spacial score (nSPS) is 16.8. The molecule has 1 aromatic carbocycles. The summed E-state index contributed by atoms with van der Waals surface area (Å²) >= 11 is 0. The summed E-state index contributed by atoms with van der Waals surface area (Å²) in [7, 11) is -3.63. The van der Waals surface area contributed by atoms with E-state index in [0.717, 1.165) is 30.4 Å². The molecule has 2 aromatic heterocycles. The fraction of sp³-hybridized carbons (Fsp3) is 0.423. The molecule has 212 valence electrons. The van der Waals surface area contributed by atoms with E-state index in [1.165, 1.54) is 36.7 Å².